The van der Waals surface area contributed by atoms with Crippen LogP contribution in [-0.2, 0) is 30.4 Å². The van der Waals surface area contributed by atoms with E-state index in [1.165, 1.54) is 0 Å². The van der Waals surface area contributed by atoms with Crippen LogP contribution < -0.4 is 16.0 Å². The van der Waals surface area contributed by atoms with Gasteiger partial charge < -0.3 is 26.2 Å². The fourth-order valence-corrected chi connectivity index (χ4v) is 2.63. The van der Waals surface area contributed by atoms with E-state index in [9.17, 15) is 24.0 Å². The highest BCUT2D eigenvalue weighted by molar-refractivity contribution is 5.99. The smallest absolute Gasteiger partial charge is 0.326 e. The van der Waals surface area contributed by atoms with E-state index in [0.717, 1.165) is 5.56 Å². The maximum atomic E-state index is 12.2. The lowest BCUT2D eigenvalue weighted by Gasteiger charge is -2.29. The third-order valence-electron chi connectivity index (χ3n) is 3.95. The lowest BCUT2D eigenvalue weighted by molar-refractivity contribution is -0.147. The molecule has 144 valence electrons. The predicted molar refractivity (Wildman–Crippen MR) is 90.4 cm³/mol. The molecule has 0 bridgehead atoms. The minimum atomic E-state index is -1.62. The number of carboxylic acid groups (broad SMARTS) is 2. The van der Waals surface area contributed by atoms with E-state index in [0.29, 0.717) is 0 Å². The molecule has 1 heterocycles. The van der Waals surface area contributed by atoms with Crippen molar-refractivity contribution in [2.24, 2.45) is 0 Å². The Morgan fingerprint density at radius 3 is 2.19 bits per heavy atom. The third kappa shape index (κ3) is 5.80. The number of nitrogens with one attached hydrogen (secondary N) is 3. The molecule has 3 amide bonds. The van der Waals surface area contributed by atoms with Gasteiger partial charge >= 0.3 is 11.9 Å². The normalized spacial score (nSPS) is 20.1. The van der Waals surface area contributed by atoms with Crippen LogP contribution in [0.5, 0.6) is 0 Å². The second-order valence-corrected chi connectivity index (χ2v) is 6.07. The van der Waals surface area contributed by atoms with Crippen molar-refractivity contribution < 1.29 is 34.2 Å². The average Bonchev–Trinajstić information content (AvgIpc) is 2.59. The lowest BCUT2D eigenvalue weighted by atomic mass is 10.0. The summed E-state index contributed by atoms with van der Waals surface area (Å²) in [6, 6.07) is 5.50. The van der Waals surface area contributed by atoms with Gasteiger partial charge in [-0.15, -0.1) is 0 Å². The molecule has 0 unspecified atom stereocenters. The molecule has 1 saturated heterocycles. The molecule has 5 N–H and O–H groups in total. The van der Waals surface area contributed by atoms with E-state index in [4.69, 9.17) is 10.2 Å². The highest BCUT2D eigenvalue weighted by Crippen LogP contribution is 2.08. The predicted octanol–water partition coefficient (Wildman–Crippen LogP) is -1.35. The van der Waals surface area contributed by atoms with Gasteiger partial charge in [0, 0.05) is 6.42 Å². The molecule has 0 radical (unpaired) electrons. The SMILES string of the molecule is O=C(O)C[C@@H](NC(=O)C[C@@H]1NC(=O)[C@H](Cc2ccccc2)NC1=O)C(=O)O. The summed E-state index contributed by atoms with van der Waals surface area (Å²) < 4.78 is 0. The summed E-state index contributed by atoms with van der Waals surface area (Å²) in [5.41, 5.74) is 0.854. The van der Waals surface area contributed by atoms with Crippen LogP contribution in [0.4, 0.5) is 0 Å². The second-order valence-electron chi connectivity index (χ2n) is 6.07. The minimum absolute atomic E-state index is 0.289. The van der Waals surface area contributed by atoms with Crippen LogP contribution in [0.3, 0.4) is 0 Å². The molecule has 10 heteroatoms. The molecule has 0 aromatic heterocycles. The van der Waals surface area contributed by atoms with Gasteiger partial charge in [-0.3, -0.25) is 19.2 Å². The Morgan fingerprint density at radius 1 is 1.00 bits per heavy atom. The topological polar surface area (TPSA) is 162 Å². The van der Waals surface area contributed by atoms with E-state index in [2.05, 4.69) is 10.6 Å². The molecule has 0 aliphatic carbocycles. The van der Waals surface area contributed by atoms with Gasteiger partial charge in [0.1, 0.15) is 18.1 Å². The quantitative estimate of drug-likeness (QED) is 0.374. The van der Waals surface area contributed by atoms with E-state index in [1.807, 2.05) is 23.5 Å². The number of benzene rings is 1. The number of carbonyl (C=O) groups excluding carboxylic acids is 3. The van der Waals surface area contributed by atoms with E-state index in [-0.39, 0.29) is 6.42 Å². The number of amides is 3. The highest BCUT2D eigenvalue weighted by Gasteiger charge is 2.35. The molecular weight excluding hydrogens is 358 g/mol. The Kier molecular flexibility index (Phi) is 6.47. The number of aliphatic carboxylic acids is 2. The van der Waals surface area contributed by atoms with Crippen molar-refractivity contribution in [3.05, 3.63) is 35.9 Å². The third-order valence-corrected chi connectivity index (χ3v) is 3.95. The van der Waals surface area contributed by atoms with Gasteiger partial charge in [-0.2, -0.15) is 0 Å². The van der Waals surface area contributed by atoms with Crippen molar-refractivity contribution in [3.8, 4) is 0 Å². The second kappa shape index (κ2) is 8.79. The summed E-state index contributed by atoms with van der Waals surface area (Å²) in [6.07, 6.45) is -1.01. The number of rotatable bonds is 8. The molecule has 2 rings (SSSR count). The number of hydrogen-bond acceptors (Lipinski definition) is 5. The van der Waals surface area contributed by atoms with Crippen LogP contribution >= 0.6 is 0 Å². The fourth-order valence-electron chi connectivity index (χ4n) is 2.63. The zero-order valence-electron chi connectivity index (χ0n) is 14.2. The number of carboxylic acids is 2. The Hall–Kier alpha value is -3.43. The monoisotopic (exact) mass is 377 g/mol. The van der Waals surface area contributed by atoms with Crippen molar-refractivity contribution in [2.75, 3.05) is 0 Å². The Morgan fingerprint density at radius 2 is 1.59 bits per heavy atom. The Balaban J connectivity index is 1.92. The first kappa shape index (κ1) is 19.9. The van der Waals surface area contributed by atoms with Crippen molar-refractivity contribution in [1.29, 1.82) is 0 Å². The van der Waals surface area contributed by atoms with Gasteiger partial charge in [-0.25, -0.2) is 4.79 Å². The first-order chi connectivity index (χ1) is 12.8. The van der Waals surface area contributed by atoms with Crippen LogP contribution in [0, 0.1) is 0 Å². The maximum absolute atomic E-state index is 12.2. The number of carbonyl (C=O) groups is 5. The molecular formula is C17H19N3O7. The summed E-state index contributed by atoms with van der Waals surface area (Å²) in [5, 5.41) is 24.6. The van der Waals surface area contributed by atoms with Crippen molar-refractivity contribution >= 4 is 29.7 Å². The molecule has 0 saturated carbocycles. The van der Waals surface area contributed by atoms with Crippen LogP contribution in [0.2, 0.25) is 0 Å². The summed E-state index contributed by atoms with van der Waals surface area (Å²) in [5.74, 6) is -4.79. The van der Waals surface area contributed by atoms with Gasteiger partial charge in [0.05, 0.1) is 12.8 Å². The van der Waals surface area contributed by atoms with Gasteiger partial charge in [-0.1, -0.05) is 30.3 Å². The maximum Gasteiger partial charge on any atom is 0.326 e. The largest absolute Gasteiger partial charge is 0.481 e. The van der Waals surface area contributed by atoms with Crippen LogP contribution in [0.15, 0.2) is 30.3 Å². The Bertz CT molecular complexity index is 750. The summed E-state index contributed by atoms with van der Waals surface area (Å²) in [7, 11) is 0. The van der Waals surface area contributed by atoms with Crippen molar-refractivity contribution in [2.45, 2.75) is 37.4 Å². The van der Waals surface area contributed by atoms with E-state index >= 15 is 0 Å². The first-order valence-electron chi connectivity index (χ1n) is 8.15. The van der Waals surface area contributed by atoms with Crippen molar-refractivity contribution in [3.63, 3.8) is 0 Å². The van der Waals surface area contributed by atoms with Gasteiger partial charge in [0.25, 0.3) is 0 Å². The number of piperazine rings is 1. The van der Waals surface area contributed by atoms with E-state index < -0.39 is 60.6 Å². The van der Waals surface area contributed by atoms with Crippen LogP contribution in [0.1, 0.15) is 18.4 Å². The Labute approximate surface area is 153 Å². The molecule has 1 aromatic carbocycles. The molecule has 10 nitrogen and oxygen atoms in total. The molecule has 3 atom stereocenters. The molecule has 1 aromatic rings. The average molecular weight is 377 g/mol. The van der Waals surface area contributed by atoms with Gasteiger partial charge in [-0.05, 0) is 5.56 Å². The summed E-state index contributed by atoms with van der Waals surface area (Å²) in [4.78, 5) is 57.9. The molecule has 1 aliphatic heterocycles. The molecule has 27 heavy (non-hydrogen) atoms. The minimum Gasteiger partial charge on any atom is -0.481 e. The number of hydrogen-bond donors (Lipinski definition) is 5. The highest BCUT2D eigenvalue weighted by atomic mass is 16.4. The molecule has 1 aliphatic rings. The van der Waals surface area contributed by atoms with Gasteiger partial charge in [0.15, 0.2) is 0 Å². The van der Waals surface area contributed by atoms with Crippen LogP contribution in [-0.4, -0.2) is 58.0 Å². The molecule has 1 fully saturated rings. The van der Waals surface area contributed by atoms with Crippen LogP contribution in [0.25, 0.3) is 0 Å². The van der Waals surface area contributed by atoms with Gasteiger partial charge in [0.2, 0.25) is 17.7 Å². The van der Waals surface area contributed by atoms with Crippen molar-refractivity contribution in [1.82, 2.24) is 16.0 Å². The fraction of sp³-hybridized carbons (Fsp3) is 0.353. The first-order valence-corrected chi connectivity index (χ1v) is 8.15. The lowest BCUT2D eigenvalue weighted by Crippen LogP contribution is -2.63. The zero-order chi connectivity index (χ0) is 20.0. The summed E-state index contributed by atoms with van der Waals surface area (Å²) in [6.45, 7) is 0. The molecule has 0 spiro atoms. The zero-order valence-corrected chi connectivity index (χ0v) is 14.2. The standard InChI is InChI=1S/C17H19N3O7/c21-13(18-12(17(26)27)8-14(22)23)7-11-16(25)19-10(15(24)20-11)6-9-4-2-1-3-5-9/h1-5,10-12H,6-8H2,(H,18,21)(H,19,25)(H,20,24)(H,22,23)(H,26,27)/t10-,11-,12+/m0/s1. The van der Waals surface area contributed by atoms with E-state index in [1.54, 1.807) is 12.1 Å². The summed E-state index contributed by atoms with van der Waals surface area (Å²) >= 11 is 0.